The Kier molecular flexibility index (Phi) is 11.3. The van der Waals surface area contributed by atoms with Crippen LogP contribution in [0.25, 0.3) is 0 Å². The number of benzene rings is 3. The zero-order valence-electron chi connectivity index (χ0n) is 28.2. The molecule has 0 saturated carbocycles. The third kappa shape index (κ3) is 8.07. The summed E-state index contributed by atoms with van der Waals surface area (Å²) in [7, 11) is 3.02. The average molecular weight is 740 g/mol. The Morgan fingerprint density at radius 3 is 2.31 bits per heavy atom. The number of carboxylic acids is 1. The number of piperidine rings is 3. The van der Waals surface area contributed by atoms with E-state index in [1.165, 1.54) is 50.9 Å². The van der Waals surface area contributed by atoms with E-state index in [1.807, 2.05) is 0 Å². The van der Waals surface area contributed by atoms with E-state index in [0.29, 0.717) is 45.9 Å². The molecule has 0 amide bonds. The topological polar surface area (TPSA) is 121 Å². The second-order valence-corrected chi connectivity index (χ2v) is 13.7. The first-order valence-electron chi connectivity index (χ1n) is 16.6. The molecule has 3 fully saturated rings. The molecule has 51 heavy (non-hydrogen) atoms. The van der Waals surface area contributed by atoms with E-state index < -0.39 is 29.7 Å². The van der Waals surface area contributed by atoms with Gasteiger partial charge in [0.2, 0.25) is 12.4 Å². The van der Waals surface area contributed by atoms with Crippen LogP contribution < -0.4 is 19.5 Å². The van der Waals surface area contributed by atoms with Gasteiger partial charge in [0, 0.05) is 29.3 Å². The first-order valence-corrected chi connectivity index (χ1v) is 17.4. The van der Waals surface area contributed by atoms with Gasteiger partial charge in [0.15, 0.2) is 11.5 Å². The zero-order chi connectivity index (χ0) is 36.2. The number of carbonyl (C=O) groups excluding carboxylic acids is 1. The zero-order valence-corrected chi connectivity index (χ0v) is 29.7. The van der Waals surface area contributed by atoms with Gasteiger partial charge >= 0.3 is 11.9 Å². The number of methoxy groups -OCH3 is 2. The Morgan fingerprint density at radius 2 is 1.69 bits per heavy atom. The van der Waals surface area contributed by atoms with Gasteiger partial charge in [-0.3, -0.25) is 15.4 Å². The van der Waals surface area contributed by atoms with E-state index in [1.54, 1.807) is 36.4 Å². The molecule has 3 aliphatic heterocycles. The first-order chi connectivity index (χ1) is 24.6. The van der Waals surface area contributed by atoms with E-state index in [4.69, 9.17) is 37.4 Å². The number of rotatable bonds is 13. The lowest BCUT2D eigenvalue weighted by Crippen LogP contribution is -2.52. The summed E-state index contributed by atoms with van der Waals surface area (Å²) in [5.41, 5.74) is 2.54. The van der Waals surface area contributed by atoms with Gasteiger partial charge < -0.3 is 19.3 Å². The second kappa shape index (κ2) is 15.9. The summed E-state index contributed by atoms with van der Waals surface area (Å²) < 4.78 is 32.5. The van der Waals surface area contributed by atoms with Crippen molar-refractivity contribution in [2.24, 2.45) is 5.92 Å². The van der Waals surface area contributed by atoms with Crippen LogP contribution in [-0.4, -0.2) is 67.1 Å². The molecule has 1 aromatic heterocycles. The third-order valence-corrected chi connectivity index (χ3v) is 10.5. The maximum Gasteiger partial charge on any atom is 0.335 e. The number of aromatic carboxylic acids is 1. The Labute approximate surface area is 305 Å². The highest BCUT2D eigenvalue weighted by Crippen LogP contribution is 2.40. The number of carboxylic acid groups (broad SMARTS) is 1. The molecule has 3 aromatic carbocycles. The van der Waals surface area contributed by atoms with Crippen molar-refractivity contribution < 1.29 is 43.2 Å². The van der Waals surface area contributed by atoms with Crippen molar-refractivity contribution in [1.29, 1.82) is 0 Å². The second-order valence-electron chi connectivity index (χ2n) is 12.8. The van der Waals surface area contributed by atoms with Crippen LogP contribution in [0.5, 0.6) is 11.5 Å². The van der Waals surface area contributed by atoms with Gasteiger partial charge in [-0.1, -0.05) is 53.5 Å². The largest absolute Gasteiger partial charge is 0.493 e. The minimum absolute atomic E-state index is 0.0175. The SMILES string of the molecule is COc1ccc([C@H](Cc2c(Cl)c[n+](O)cc2Cl)c2c(CNC(C(=O)O[C@H]3CN4CCC3CC4)c3cccc(F)c3)cccc2C(=O)O)cc1OC. The van der Waals surface area contributed by atoms with E-state index in [9.17, 15) is 24.3 Å². The summed E-state index contributed by atoms with van der Waals surface area (Å²) in [6.45, 7) is 2.63. The quantitative estimate of drug-likeness (QED) is 0.0835. The van der Waals surface area contributed by atoms with Gasteiger partial charge in [-0.25, -0.2) is 14.0 Å². The molecule has 4 heterocycles. The normalized spacial score (nSPS) is 19.3. The molecule has 2 bridgehead atoms. The summed E-state index contributed by atoms with van der Waals surface area (Å²) in [5, 5.41) is 24.2. The van der Waals surface area contributed by atoms with E-state index in [0.717, 1.165) is 30.7 Å². The van der Waals surface area contributed by atoms with E-state index in [2.05, 4.69) is 10.2 Å². The Morgan fingerprint density at radius 1 is 0.980 bits per heavy atom. The van der Waals surface area contributed by atoms with Crippen LogP contribution >= 0.6 is 23.2 Å². The molecule has 0 spiro atoms. The summed E-state index contributed by atoms with van der Waals surface area (Å²) in [6.07, 6.45) is 4.35. The number of fused-ring (bicyclic) bond motifs is 3. The molecule has 4 aromatic rings. The Balaban J connectivity index is 1.41. The van der Waals surface area contributed by atoms with Crippen molar-refractivity contribution >= 4 is 35.1 Å². The van der Waals surface area contributed by atoms with Gasteiger partial charge in [-0.2, -0.15) is 0 Å². The lowest BCUT2D eigenvalue weighted by atomic mass is 9.80. The van der Waals surface area contributed by atoms with Gasteiger partial charge in [0.25, 0.3) is 0 Å². The molecule has 268 valence electrons. The molecule has 0 radical (unpaired) electrons. The predicted octanol–water partition coefficient (Wildman–Crippen LogP) is 6.22. The number of aromatic nitrogens is 1. The van der Waals surface area contributed by atoms with Gasteiger partial charge in [-0.15, -0.1) is 0 Å². The van der Waals surface area contributed by atoms with E-state index in [-0.39, 0.29) is 40.6 Å². The smallest absolute Gasteiger partial charge is 0.335 e. The van der Waals surface area contributed by atoms with Crippen molar-refractivity contribution in [3.8, 4) is 11.5 Å². The molecule has 3 N–H and O–H groups in total. The monoisotopic (exact) mass is 738 g/mol. The number of carbonyl (C=O) groups is 2. The van der Waals surface area contributed by atoms with Crippen LogP contribution in [0.4, 0.5) is 4.39 Å². The van der Waals surface area contributed by atoms with Gasteiger partial charge in [0.05, 0.1) is 19.8 Å². The van der Waals surface area contributed by atoms with Crippen LogP contribution in [0.2, 0.25) is 10.0 Å². The number of esters is 1. The molecule has 3 saturated heterocycles. The fourth-order valence-corrected chi connectivity index (χ4v) is 7.86. The standard InChI is InChI=1S/C38H38Cl2FN3O7/c1-49-32-10-9-23(16-33(32)50-2)28(17-29-30(39)19-44(48)20-31(29)40)35-25(6-4-8-27(35)37(45)46)18-42-36(24-5-3-7-26(41)15-24)38(47)51-34-21-43-13-11-22(34)12-14-43/h3-10,15-16,19-20,22,28,34,36,42H,11-14,17-18,21H2,1-2H3,(H-,45,46,48)/p+1/t28-,34-,36?/m0/s1. The summed E-state index contributed by atoms with van der Waals surface area (Å²) in [5.74, 6) is -1.71. The fourth-order valence-electron chi connectivity index (χ4n) is 7.26. The maximum absolute atomic E-state index is 14.5. The van der Waals surface area contributed by atoms with Crippen LogP contribution in [0.1, 0.15) is 63.0 Å². The molecule has 13 heteroatoms. The number of hydrogen-bond acceptors (Lipinski definition) is 8. The van der Waals surface area contributed by atoms with Crippen LogP contribution in [0.3, 0.4) is 0 Å². The number of nitrogens with zero attached hydrogens (tertiary/aromatic N) is 2. The Bertz CT molecular complexity index is 1900. The molecular weight excluding hydrogens is 700 g/mol. The van der Waals surface area contributed by atoms with Gasteiger partial charge in [-0.05, 0) is 90.9 Å². The van der Waals surface area contributed by atoms with Crippen molar-refractivity contribution in [2.45, 2.75) is 43.9 Å². The lowest BCUT2D eigenvalue weighted by Gasteiger charge is -2.44. The van der Waals surface area contributed by atoms with Crippen LogP contribution in [-0.2, 0) is 22.5 Å². The Hall–Kier alpha value is -4.42. The third-order valence-electron chi connectivity index (χ3n) is 9.84. The number of pyridine rings is 1. The van der Waals surface area contributed by atoms with Crippen LogP contribution in [0.15, 0.2) is 73.1 Å². The van der Waals surface area contributed by atoms with Crippen molar-refractivity contribution in [3.63, 3.8) is 0 Å². The van der Waals surface area contributed by atoms with Crippen molar-refractivity contribution in [3.05, 3.63) is 122 Å². The lowest BCUT2D eigenvalue weighted by molar-refractivity contribution is -0.904. The minimum Gasteiger partial charge on any atom is -0.493 e. The highest BCUT2D eigenvalue weighted by molar-refractivity contribution is 6.35. The summed E-state index contributed by atoms with van der Waals surface area (Å²) >= 11 is 13.2. The number of nitrogens with one attached hydrogen (secondary N) is 1. The number of hydrogen-bond donors (Lipinski definition) is 3. The molecule has 3 aliphatic rings. The van der Waals surface area contributed by atoms with Gasteiger partial charge in [0.1, 0.15) is 28.0 Å². The number of halogens is 3. The highest BCUT2D eigenvalue weighted by atomic mass is 35.5. The predicted molar refractivity (Wildman–Crippen MR) is 187 cm³/mol. The molecule has 1 unspecified atom stereocenters. The summed E-state index contributed by atoms with van der Waals surface area (Å²) in [4.78, 5) is 29.1. The maximum atomic E-state index is 14.5. The first kappa shape index (κ1) is 36.4. The average Bonchev–Trinajstić information content (AvgIpc) is 3.11. The van der Waals surface area contributed by atoms with Crippen molar-refractivity contribution in [1.82, 2.24) is 10.2 Å². The van der Waals surface area contributed by atoms with Crippen molar-refractivity contribution in [2.75, 3.05) is 33.9 Å². The number of ether oxygens (including phenoxy) is 3. The minimum atomic E-state index is -1.17. The highest BCUT2D eigenvalue weighted by Gasteiger charge is 2.38. The fraction of sp³-hybridized carbons (Fsp3) is 0.342. The molecular formula is C38H39Cl2FN3O7+. The molecule has 10 nitrogen and oxygen atoms in total. The van der Waals surface area contributed by atoms with Crippen LogP contribution in [0, 0.1) is 11.7 Å². The molecule has 3 atom stereocenters. The molecule has 0 aliphatic carbocycles. The summed E-state index contributed by atoms with van der Waals surface area (Å²) in [6, 6.07) is 15.0. The van der Waals surface area contributed by atoms with E-state index >= 15 is 0 Å². The molecule has 7 rings (SSSR count).